The van der Waals surface area contributed by atoms with Crippen molar-refractivity contribution < 1.29 is 8.42 Å². The first-order chi connectivity index (χ1) is 8.42. The molecule has 18 heavy (non-hydrogen) atoms. The molecule has 100 valence electrons. The molecule has 1 aliphatic carbocycles. The zero-order valence-corrected chi connectivity index (χ0v) is 11.4. The first kappa shape index (κ1) is 13.2. The van der Waals surface area contributed by atoms with Crippen LogP contribution in [0.4, 0.5) is 11.4 Å². The fraction of sp³-hybridized carbons (Fsp3) is 0.500. The molecule has 1 saturated carbocycles. The summed E-state index contributed by atoms with van der Waals surface area (Å²) in [5.41, 5.74) is 6.93. The summed E-state index contributed by atoms with van der Waals surface area (Å²) in [4.78, 5) is 0.123. The van der Waals surface area contributed by atoms with Gasteiger partial charge in [0.1, 0.15) is 4.90 Å². The normalized spacial score (nSPS) is 23.4. The molecule has 0 saturated heterocycles. The minimum atomic E-state index is -3.48. The van der Waals surface area contributed by atoms with Crippen molar-refractivity contribution in [2.75, 3.05) is 18.1 Å². The van der Waals surface area contributed by atoms with Crippen molar-refractivity contribution in [1.82, 2.24) is 4.72 Å². The summed E-state index contributed by atoms with van der Waals surface area (Å²) in [6, 6.07) is 5.44. The third kappa shape index (κ3) is 2.59. The molecular weight excluding hydrogens is 250 g/mol. The topological polar surface area (TPSA) is 84.2 Å². The van der Waals surface area contributed by atoms with Gasteiger partial charge < -0.3 is 11.1 Å². The second-order valence-electron chi connectivity index (χ2n) is 4.88. The molecule has 4 N–H and O–H groups in total. The largest absolute Gasteiger partial charge is 0.398 e. The van der Waals surface area contributed by atoms with Crippen molar-refractivity contribution in [3.8, 4) is 0 Å². The highest BCUT2D eigenvalue weighted by molar-refractivity contribution is 7.89. The van der Waals surface area contributed by atoms with Gasteiger partial charge in [-0.2, -0.15) is 0 Å². The van der Waals surface area contributed by atoms with Crippen LogP contribution in [0.15, 0.2) is 23.1 Å². The standard InChI is InChI=1S/C12H19N3O2S/c1-8-5-10(6-8)15-9-3-4-12(11(13)7-9)18(16,17)14-2/h3-4,7-8,10,14-15H,5-6,13H2,1-2H3. The van der Waals surface area contributed by atoms with E-state index in [-0.39, 0.29) is 10.6 Å². The van der Waals surface area contributed by atoms with Gasteiger partial charge in [-0.05, 0) is 44.0 Å². The number of nitrogens with one attached hydrogen (secondary N) is 2. The molecule has 0 heterocycles. The van der Waals surface area contributed by atoms with E-state index in [4.69, 9.17) is 5.73 Å². The molecule has 0 aliphatic heterocycles. The lowest BCUT2D eigenvalue weighted by Gasteiger charge is -2.34. The van der Waals surface area contributed by atoms with Crippen LogP contribution in [0.25, 0.3) is 0 Å². The lowest BCUT2D eigenvalue weighted by Crippen LogP contribution is -2.33. The Labute approximate surface area is 108 Å². The molecule has 1 aromatic carbocycles. The highest BCUT2D eigenvalue weighted by Crippen LogP contribution is 2.30. The smallest absolute Gasteiger partial charge is 0.242 e. The van der Waals surface area contributed by atoms with Gasteiger partial charge in [0.25, 0.3) is 0 Å². The molecule has 1 aliphatic rings. The molecule has 0 spiro atoms. The first-order valence-electron chi connectivity index (χ1n) is 6.02. The van der Waals surface area contributed by atoms with Crippen LogP contribution in [0.1, 0.15) is 19.8 Å². The van der Waals surface area contributed by atoms with Gasteiger partial charge in [0, 0.05) is 11.7 Å². The van der Waals surface area contributed by atoms with Gasteiger partial charge in [-0.15, -0.1) is 0 Å². The highest BCUT2D eigenvalue weighted by atomic mass is 32.2. The van der Waals surface area contributed by atoms with E-state index in [1.54, 1.807) is 12.1 Å². The number of nitrogens with two attached hydrogens (primary N) is 1. The van der Waals surface area contributed by atoms with E-state index < -0.39 is 10.0 Å². The summed E-state index contributed by atoms with van der Waals surface area (Å²) in [5, 5.41) is 3.35. The molecule has 0 unspecified atom stereocenters. The summed E-state index contributed by atoms with van der Waals surface area (Å²) < 4.78 is 25.6. The molecule has 1 aromatic rings. The predicted molar refractivity (Wildman–Crippen MR) is 72.9 cm³/mol. The van der Waals surface area contributed by atoms with Crippen molar-refractivity contribution in [2.45, 2.75) is 30.7 Å². The number of rotatable bonds is 4. The molecule has 0 amide bonds. The fourth-order valence-electron chi connectivity index (χ4n) is 2.25. The summed E-state index contributed by atoms with van der Waals surface area (Å²) in [7, 11) is -2.11. The number of hydrogen-bond acceptors (Lipinski definition) is 4. The zero-order valence-electron chi connectivity index (χ0n) is 10.6. The van der Waals surface area contributed by atoms with E-state index in [0.29, 0.717) is 6.04 Å². The van der Waals surface area contributed by atoms with E-state index in [9.17, 15) is 8.42 Å². The van der Waals surface area contributed by atoms with Crippen LogP contribution in [-0.4, -0.2) is 21.5 Å². The van der Waals surface area contributed by atoms with Crippen molar-refractivity contribution in [1.29, 1.82) is 0 Å². The predicted octanol–water partition coefficient (Wildman–Crippen LogP) is 1.39. The number of anilines is 2. The maximum absolute atomic E-state index is 11.7. The second-order valence-corrected chi connectivity index (χ2v) is 6.73. The van der Waals surface area contributed by atoms with Gasteiger partial charge in [0.15, 0.2) is 0 Å². The van der Waals surface area contributed by atoms with Gasteiger partial charge in [0.05, 0.1) is 5.69 Å². The molecule has 2 rings (SSSR count). The zero-order chi connectivity index (χ0) is 13.3. The van der Waals surface area contributed by atoms with Gasteiger partial charge in [-0.3, -0.25) is 0 Å². The average Bonchev–Trinajstić information content (AvgIpc) is 2.27. The molecule has 0 atom stereocenters. The molecule has 1 fully saturated rings. The van der Waals surface area contributed by atoms with Crippen LogP contribution >= 0.6 is 0 Å². The molecule has 0 bridgehead atoms. The van der Waals surface area contributed by atoms with E-state index >= 15 is 0 Å². The minimum Gasteiger partial charge on any atom is -0.398 e. The van der Waals surface area contributed by atoms with Crippen molar-refractivity contribution in [3.05, 3.63) is 18.2 Å². The third-order valence-electron chi connectivity index (χ3n) is 3.31. The van der Waals surface area contributed by atoms with Gasteiger partial charge >= 0.3 is 0 Å². The van der Waals surface area contributed by atoms with Crippen LogP contribution in [0.5, 0.6) is 0 Å². The number of nitrogen functional groups attached to an aromatic ring is 1. The SMILES string of the molecule is CNS(=O)(=O)c1ccc(NC2CC(C)C2)cc1N. The van der Waals surface area contributed by atoms with Crippen LogP contribution in [0, 0.1) is 5.92 Å². The Morgan fingerprint density at radius 1 is 1.33 bits per heavy atom. The van der Waals surface area contributed by atoms with Crippen LogP contribution in [0.3, 0.4) is 0 Å². The third-order valence-corrected chi connectivity index (χ3v) is 4.80. The molecule has 6 heteroatoms. The van der Waals surface area contributed by atoms with Crippen molar-refractivity contribution in [3.63, 3.8) is 0 Å². The summed E-state index contributed by atoms with van der Waals surface area (Å²) >= 11 is 0. The summed E-state index contributed by atoms with van der Waals surface area (Å²) in [5.74, 6) is 0.767. The maximum Gasteiger partial charge on any atom is 0.242 e. The Hall–Kier alpha value is -1.27. The Morgan fingerprint density at radius 2 is 2.00 bits per heavy atom. The Balaban J connectivity index is 2.15. The van der Waals surface area contributed by atoms with E-state index in [1.807, 2.05) is 0 Å². The van der Waals surface area contributed by atoms with E-state index in [2.05, 4.69) is 17.0 Å². The van der Waals surface area contributed by atoms with Crippen LogP contribution in [0.2, 0.25) is 0 Å². The maximum atomic E-state index is 11.7. The van der Waals surface area contributed by atoms with Gasteiger partial charge in [-0.25, -0.2) is 13.1 Å². The number of sulfonamides is 1. The Morgan fingerprint density at radius 3 is 2.50 bits per heavy atom. The van der Waals surface area contributed by atoms with E-state index in [0.717, 1.165) is 24.4 Å². The lowest BCUT2D eigenvalue weighted by molar-refractivity contribution is 0.309. The lowest BCUT2D eigenvalue weighted by atomic mass is 9.82. The second kappa shape index (κ2) is 4.78. The molecule has 0 radical (unpaired) electrons. The summed E-state index contributed by atoms with van der Waals surface area (Å²) in [6.45, 7) is 2.22. The molecule has 5 nitrogen and oxygen atoms in total. The monoisotopic (exact) mass is 269 g/mol. The van der Waals surface area contributed by atoms with E-state index in [1.165, 1.54) is 13.1 Å². The Kier molecular flexibility index (Phi) is 3.49. The number of benzene rings is 1. The van der Waals surface area contributed by atoms with Gasteiger partial charge in [-0.1, -0.05) is 6.92 Å². The van der Waals surface area contributed by atoms with Gasteiger partial charge in [0.2, 0.25) is 10.0 Å². The fourth-order valence-corrected chi connectivity index (χ4v) is 3.09. The average molecular weight is 269 g/mol. The number of hydrogen-bond donors (Lipinski definition) is 3. The van der Waals surface area contributed by atoms with Crippen molar-refractivity contribution >= 4 is 21.4 Å². The highest BCUT2D eigenvalue weighted by Gasteiger charge is 2.25. The first-order valence-corrected chi connectivity index (χ1v) is 7.50. The van der Waals surface area contributed by atoms with Crippen molar-refractivity contribution in [2.24, 2.45) is 5.92 Å². The van der Waals surface area contributed by atoms with Crippen LogP contribution in [-0.2, 0) is 10.0 Å². The quantitative estimate of drug-likeness (QED) is 0.721. The Bertz CT molecular complexity index is 536. The molecular formula is C12H19N3O2S. The van der Waals surface area contributed by atoms with Crippen LogP contribution < -0.4 is 15.8 Å². The minimum absolute atomic E-state index is 0.123. The molecule has 0 aromatic heterocycles. The summed E-state index contributed by atoms with van der Waals surface area (Å²) in [6.07, 6.45) is 2.30.